The monoisotopic (exact) mass is 296 g/mol. The molecule has 0 radical (unpaired) electrons. The molecule has 1 N–H and O–H groups in total. The first-order valence-electron chi connectivity index (χ1n) is 6.24. The van der Waals surface area contributed by atoms with Crippen LogP contribution in [-0.4, -0.2) is 17.8 Å². The van der Waals surface area contributed by atoms with Crippen molar-refractivity contribution in [2.24, 2.45) is 0 Å². The van der Waals surface area contributed by atoms with Crippen LogP contribution in [0.4, 0.5) is 4.39 Å². The lowest BCUT2D eigenvalue weighted by Crippen LogP contribution is -2.12. The maximum absolute atomic E-state index is 14.0. The molecule has 0 fully saturated rings. The number of rotatable bonds is 6. The summed E-state index contributed by atoms with van der Waals surface area (Å²) in [4.78, 5) is 6.43. The topological polar surface area (TPSA) is 24.9 Å². The summed E-state index contributed by atoms with van der Waals surface area (Å²) in [6, 6.07) is 5.16. The van der Waals surface area contributed by atoms with E-state index >= 15 is 0 Å². The molecule has 0 atom stereocenters. The average Bonchev–Trinajstić information content (AvgIpc) is 2.87. The Morgan fingerprint density at radius 1 is 1.42 bits per heavy atom. The minimum absolute atomic E-state index is 0.200. The zero-order valence-electron chi connectivity index (χ0n) is 11.1. The smallest absolute Gasteiger partial charge is 0.134 e. The molecule has 0 bridgehead atoms. The fourth-order valence-corrected chi connectivity index (χ4v) is 3.40. The molecule has 0 unspecified atom stereocenters. The normalized spacial score (nSPS) is 10.9. The molecular formula is C14H17FN2S2. The minimum atomic E-state index is -0.200. The van der Waals surface area contributed by atoms with Crippen molar-refractivity contribution in [2.75, 3.05) is 12.8 Å². The van der Waals surface area contributed by atoms with Gasteiger partial charge >= 0.3 is 0 Å². The Labute approximate surface area is 121 Å². The van der Waals surface area contributed by atoms with Gasteiger partial charge in [0.25, 0.3) is 0 Å². The lowest BCUT2D eigenvalue weighted by Gasteiger charge is -2.05. The maximum atomic E-state index is 14.0. The van der Waals surface area contributed by atoms with Crippen LogP contribution in [0.15, 0.2) is 29.3 Å². The van der Waals surface area contributed by atoms with E-state index in [0.29, 0.717) is 5.56 Å². The number of thiazole rings is 1. The predicted octanol–water partition coefficient (Wildman–Crippen LogP) is 4.17. The van der Waals surface area contributed by atoms with Crippen LogP contribution in [0.25, 0.3) is 10.6 Å². The van der Waals surface area contributed by atoms with Gasteiger partial charge in [0.15, 0.2) is 0 Å². The summed E-state index contributed by atoms with van der Waals surface area (Å²) < 4.78 is 14.0. The van der Waals surface area contributed by atoms with Crippen LogP contribution in [0.5, 0.6) is 0 Å². The third-order valence-electron chi connectivity index (χ3n) is 2.69. The third-order valence-corrected chi connectivity index (χ3v) is 4.48. The van der Waals surface area contributed by atoms with Crippen molar-refractivity contribution in [1.29, 1.82) is 0 Å². The first-order chi connectivity index (χ1) is 9.26. The summed E-state index contributed by atoms with van der Waals surface area (Å²) in [6.07, 6.45) is 4.89. The standard InChI is InChI=1S/C14H17FN2S2/c1-3-7-16-8-10-9-17-14(19-10)13-11(15)5-4-6-12(13)18-2/h4-6,9,16H,3,7-8H2,1-2H3. The zero-order chi connectivity index (χ0) is 13.7. The summed E-state index contributed by atoms with van der Waals surface area (Å²) in [5.74, 6) is -0.200. The second-order valence-corrected chi connectivity index (χ2v) is 6.09. The average molecular weight is 296 g/mol. The highest BCUT2D eigenvalue weighted by Crippen LogP contribution is 2.34. The Kier molecular flexibility index (Phi) is 5.36. The van der Waals surface area contributed by atoms with Crippen LogP contribution in [0.3, 0.4) is 0 Å². The summed E-state index contributed by atoms with van der Waals surface area (Å²) >= 11 is 3.10. The van der Waals surface area contributed by atoms with Gasteiger partial charge in [-0.05, 0) is 31.4 Å². The Morgan fingerprint density at radius 3 is 3.00 bits per heavy atom. The highest BCUT2D eigenvalue weighted by atomic mass is 32.2. The van der Waals surface area contributed by atoms with E-state index in [1.165, 1.54) is 6.07 Å². The number of thioether (sulfide) groups is 1. The van der Waals surface area contributed by atoms with Gasteiger partial charge in [0, 0.05) is 22.5 Å². The predicted molar refractivity (Wildman–Crippen MR) is 81.3 cm³/mol. The third kappa shape index (κ3) is 3.55. The van der Waals surface area contributed by atoms with Crippen molar-refractivity contribution in [2.45, 2.75) is 24.8 Å². The number of nitrogens with zero attached hydrogens (tertiary/aromatic N) is 1. The number of aromatic nitrogens is 1. The van der Waals surface area contributed by atoms with Gasteiger partial charge in [-0.3, -0.25) is 0 Å². The molecule has 2 rings (SSSR count). The van der Waals surface area contributed by atoms with Crippen molar-refractivity contribution in [1.82, 2.24) is 10.3 Å². The second kappa shape index (κ2) is 7.03. The number of hydrogen-bond acceptors (Lipinski definition) is 4. The lowest BCUT2D eigenvalue weighted by atomic mass is 10.2. The number of hydrogen-bond donors (Lipinski definition) is 1. The second-order valence-electron chi connectivity index (χ2n) is 4.13. The van der Waals surface area contributed by atoms with Crippen molar-refractivity contribution in [3.63, 3.8) is 0 Å². The van der Waals surface area contributed by atoms with Gasteiger partial charge in [-0.15, -0.1) is 23.1 Å². The first kappa shape index (κ1) is 14.5. The SMILES string of the molecule is CCCNCc1cnc(-c2c(F)cccc2SC)s1. The molecule has 5 heteroatoms. The molecule has 0 saturated heterocycles. The van der Waals surface area contributed by atoms with Crippen molar-refractivity contribution >= 4 is 23.1 Å². The lowest BCUT2D eigenvalue weighted by molar-refractivity contribution is 0.628. The highest BCUT2D eigenvalue weighted by Gasteiger charge is 2.14. The van der Waals surface area contributed by atoms with Gasteiger partial charge in [-0.2, -0.15) is 0 Å². The molecule has 1 aromatic heterocycles. The first-order valence-corrected chi connectivity index (χ1v) is 8.28. The fraction of sp³-hybridized carbons (Fsp3) is 0.357. The van der Waals surface area contributed by atoms with Crippen LogP contribution in [0.2, 0.25) is 0 Å². The number of nitrogens with one attached hydrogen (secondary N) is 1. The van der Waals surface area contributed by atoms with Gasteiger partial charge in [0.2, 0.25) is 0 Å². The van der Waals surface area contributed by atoms with Crippen LogP contribution >= 0.6 is 23.1 Å². The van der Waals surface area contributed by atoms with E-state index in [-0.39, 0.29) is 5.82 Å². The Balaban J connectivity index is 2.23. The van der Waals surface area contributed by atoms with Crippen LogP contribution in [-0.2, 0) is 6.54 Å². The minimum Gasteiger partial charge on any atom is -0.312 e. The molecule has 102 valence electrons. The molecule has 0 aliphatic rings. The van der Waals surface area contributed by atoms with E-state index in [4.69, 9.17) is 0 Å². The molecule has 0 saturated carbocycles. The van der Waals surface area contributed by atoms with Gasteiger partial charge in [-0.25, -0.2) is 9.37 Å². The van der Waals surface area contributed by atoms with Crippen LogP contribution in [0.1, 0.15) is 18.2 Å². The number of benzene rings is 1. The van der Waals surface area contributed by atoms with Gasteiger partial charge in [0.1, 0.15) is 10.8 Å². The zero-order valence-corrected chi connectivity index (χ0v) is 12.7. The molecule has 2 aromatic rings. The Morgan fingerprint density at radius 2 is 2.26 bits per heavy atom. The van der Waals surface area contributed by atoms with E-state index in [0.717, 1.165) is 34.3 Å². The molecule has 0 amide bonds. The quantitative estimate of drug-likeness (QED) is 0.639. The summed E-state index contributed by atoms with van der Waals surface area (Å²) in [5, 5.41) is 4.09. The van der Waals surface area contributed by atoms with Gasteiger partial charge in [-0.1, -0.05) is 13.0 Å². The van der Waals surface area contributed by atoms with E-state index in [1.807, 2.05) is 18.5 Å². The Bertz CT molecular complexity index is 540. The van der Waals surface area contributed by atoms with Crippen LogP contribution < -0.4 is 5.32 Å². The van der Waals surface area contributed by atoms with E-state index in [9.17, 15) is 4.39 Å². The molecule has 0 aliphatic carbocycles. The van der Waals surface area contributed by atoms with E-state index in [1.54, 1.807) is 29.2 Å². The van der Waals surface area contributed by atoms with Crippen molar-refractivity contribution in [3.8, 4) is 10.6 Å². The van der Waals surface area contributed by atoms with Gasteiger partial charge in [0.05, 0.1) is 5.56 Å². The van der Waals surface area contributed by atoms with E-state index < -0.39 is 0 Å². The maximum Gasteiger partial charge on any atom is 0.134 e. The largest absolute Gasteiger partial charge is 0.312 e. The summed E-state index contributed by atoms with van der Waals surface area (Å²) in [5.41, 5.74) is 0.627. The number of halogens is 1. The molecular weight excluding hydrogens is 279 g/mol. The molecule has 1 aromatic carbocycles. The molecule has 0 spiro atoms. The van der Waals surface area contributed by atoms with Gasteiger partial charge < -0.3 is 5.32 Å². The van der Waals surface area contributed by atoms with Crippen molar-refractivity contribution < 1.29 is 4.39 Å². The molecule has 2 nitrogen and oxygen atoms in total. The molecule has 0 aliphatic heterocycles. The van der Waals surface area contributed by atoms with Crippen LogP contribution in [0, 0.1) is 5.82 Å². The van der Waals surface area contributed by atoms with E-state index in [2.05, 4.69) is 17.2 Å². The highest BCUT2D eigenvalue weighted by molar-refractivity contribution is 7.98. The Hall–Kier alpha value is -0.910. The summed E-state index contributed by atoms with van der Waals surface area (Å²) in [7, 11) is 0. The van der Waals surface area contributed by atoms with Crippen molar-refractivity contribution in [3.05, 3.63) is 35.1 Å². The molecule has 19 heavy (non-hydrogen) atoms. The molecule has 1 heterocycles. The fourth-order valence-electron chi connectivity index (χ4n) is 1.78. The summed E-state index contributed by atoms with van der Waals surface area (Å²) in [6.45, 7) is 3.92.